The van der Waals surface area contributed by atoms with Gasteiger partial charge in [0.15, 0.2) is 5.96 Å². The second-order valence-corrected chi connectivity index (χ2v) is 5.56. The van der Waals surface area contributed by atoms with E-state index in [9.17, 15) is 4.79 Å². The molecule has 0 saturated carbocycles. The number of aryl methyl sites for hydroxylation is 2. The summed E-state index contributed by atoms with van der Waals surface area (Å²) in [6.45, 7) is 2.06. The Hall–Kier alpha value is -2.95. The number of carbonyl (C=O) groups excluding carboxylic acids is 1. The Labute approximate surface area is 134 Å². The Morgan fingerprint density at radius 2 is 2.04 bits per heavy atom. The molecule has 2 aromatic rings. The van der Waals surface area contributed by atoms with Gasteiger partial charge in [-0.15, -0.1) is 0 Å². The molecule has 4 N–H and O–H groups in total. The number of amides is 1. The number of pyridine rings is 1. The van der Waals surface area contributed by atoms with E-state index >= 15 is 0 Å². The highest BCUT2D eigenvalue weighted by atomic mass is 16.1. The van der Waals surface area contributed by atoms with E-state index in [0.29, 0.717) is 5.56 Å². The van der Waals surface area contributed by atoms with E-state index in [1.54, 1.807) is 12.3 Å². The zero-order valence-electron chi connectivity index (χ0n) is 12.9. The van der Waals surface area contributed by atoms with Crippen LogP contribution in [0.1, 0.15) is 39.0 Å². The van der Waals surface area contributed by atoms with Crippen LogP contribution in [0.2, 0.25) is 0 Å². The maximum absolute atomic E-state index is 12.1. The van der Waals surface area contributed by atoms with Gasteiger partial charge in [0.2, 0.25) is 0 Å². The molecule has 0 atom stereocenters. The van der Waals surface area contributed by atoms with Gasteiger partial charge in [0.05, 0.1) is 0 Å². The lowest BCUT2D eigenvalue weighted by atomic mass is 9.85. The first-order valence-corrected chi connectivity index (χ1v) is 7.44. The molecule has 0 fully saturated rings. The molecule has 5 nitrogen and oxygen atoms in total. The standard InChI is InChI=1S/C18H18N4O/c1-11-7-8-21-10-16(11)14-4-2-3-12-5-6-13(9-15(12)14)17(23)22-18(19)20/h4-10H,2-3H2,1H3,(H4,19,20,22,23). The number of aliphatic imine (C=N–C) groups is 1. The molecule has 0 spiro atoms. The van der Waals surface area contributed by atoms with Gasteiger partial charge in [-0.2, -0.15) is 4.99 Å². The summed E-state index contributed by atoms with van der Waals surface area (Å²) in [6, 6.07) is 7.59. The van der Waals surface area contributed by atoms with Crippen molar-refractivity contribution in [2.45, 2.75) is 19.8 Å². The molecule has 23 heavy (non-hydrogen) atoms. The van der Waals surface area contributed by atoms with Gasteiger partial charge in [-0.05, 0) is 60.2 Å². The monoisotopic (exact) mass is 306 g/mol. The minimum absolute atomic E-state index is 0.230. The number of rotatable bonds is 2. The highest BCUT2D eigenvalue weighted by Gasteiger charge is 2.18. The van der Waals surface area contributed by atoms with Crippen molar-refractivity contribution in [1.82, 2.24) is 4.98 Å². The number of allylic oxidation sites excluding steroid dienone is 1. The van der Waals surface area contributed by atoms with Crippen molar-refractivity contribution in [1.29, 1.82) is 0 Å². The van der Waals surface area contributed by atoms with Gasteiger partial charge in [0, 0.05) is 23.5 Å². The van der Waals surface area contributed by atoms with Gasteiger partial charge in [-0.3, -0.25) is 9.78 Å². The first-order valence-electron chi connectivity index (χ1n) is 7.44. The van der Waals surface area contributed by atoms with Crippen LogP contribution in [0, 0.1) is 6.92 Å². The van der Waals surface area contributed by atoms with Crippen molar-refractivity contribution >= 4 is 17.4 Å². The Bertz CT molecular complexity index is 833. The summed E-state index contributed by atoms with van der Waals surface area (Å²) in [6.07, 6.45) is 7.76. The zero-order chi connectivity index (χ0) is 16.4. The highest BCUT2D eigenvalue weighted by Crippen LogP contribution is 2.33. The maximum Gasteiger partial charge on any atom is 0.280 e. The minimum Gasteiger partial charge on any atom is -0.370 e. The number of guanidine groups is 1. The number of nitrogens with two attached hydrogens (primary N) is 2. The summed E-state index contributed by atoms with van der Waals surface area (Å²) in [7, 11) is 0. The first-order chi connectivity index (χ1) is 11.1. The maximum atomic E-state index is 12.1. The molecule has 5 heteroatoms. The molecule has 116 valence electrons. The topological polar surface area (TPSA) is 94.4 Å². The molecule has 1 aliphatic rings. The SMILES string of the molecule is Cc1ccncc1C1=CCCc2ccc(C(=O)N=C(N)N)cc21. The van der Waals surface area contributed by atoms with Crippen LogP contribution >= 0.6 is 0 Å². The number of hydrogen-bond donors (Lipinski definition) is 2. The van der Waals surface area contributed by atoms with Crippen LogP contribution in [0.25, 0.3) is 5.57 Å². The molecule has 0 aliphatic heterocycles. The predicted octanol–water partition coefficient (Wildman–Crippen LogP) is 2.18. The second kappa shape index (κ2) is 6.04. The van der Waals surface area contributed by atoms with E-state index in [-0.39, 0.29) is 5.96 Å². The molecule has 1 aromatic heterocycles. The third kappa shape index (κ3) is 2.99. The van der Waals surface area contributed by atoms with Gasteiger partial charge in [-0.25, -0.2) is 0 Å². The number of nitrogens with zero attached hydrogens (tertiary/aromatic N) is 2. The first kappa shape index (κ1) is 15.0. The molecule has 0 unspecified atom stereocenters. The summed E-state index contributed by atoms with van der Waals surface area (Å²) >= 11 is 0. The summed E-state index contributed by atoms with van der Waals surface area (Å²) in [5.74, 6) is -0.660. The van der Waals surface area contributed by atoms with Gasteiger partial charge in [0.1, 0.15) is 0 Å². The zero-order valence-corrected chi connectivity index (χ0v) is 12.9. The molecule has 1 aromatic carbocycles. The van der Waals surface area contributed by atoms with Crippen LogP contribution in [-0.2, 0) is 6.42 Å². The van der Waals surface area contributed by atoms with Crippen LogP contribution in [0.5, 0.6) is 0 Å². The van der Waals surface area contributed by atoms with E-state index < -0.39 is 5.91 Å². The van der Waals surface area contributed by atoms with Gasteiger partial charge < -0.3 is 11.5 Å². The van der Waals surface area contributed by atoms with E-state index in [1.165, 1.54) is 5.56 Å². The lowest BCUT2D eigenvalue weighted by Gasteiger charge is -2.20. The molecule has 0 saturated heterocycles. The number of hydrogen-bond acceptors (Lipinski definition) is 2. The van der Waals surface area contributed by atoms with Crippen molar-refractivity contribution in [3.05, 3.63) is 70.6 Å². The van der Waals surface area contributed by atoms with E-state index in [1.807, 2.05) is 24.4 Å². The average molecular weight is 306 g/mol. The fourth-order valence-corrected chi connectivity index (χ4v) is 2.84. The molecule has 3 rings (SSSR count). The van der Waals surface area contributed by atoms with Crippen molar-refractivity contribution < 1.29 is 4.79 Å². The van der Waals surface area contributed by atoms with Crippen molar-refractivity contribution in [3.8, 4) is 0 Å². The Kier molecular flexibility index (Phi) is 3.93. The third-order valence-corrected chi connectivity index (χ3v) is 3.97. The van der Waals surface area contributed by atoms with Gasteiger partial charge in [-0.1, -0.05) is 12.1 Å². The van der Waals surface area contributed by atoms with Crippen LogP contribution < -0.4 is 11.5 Å². The Morgan fingerprint density at radius 3 is 2.78 bits per heavy atom. The molecule has 1 aliphatic carbocycles. The molecule has 1 amide bonds. The van der Waals surface area contributed by atoms with E-state index in [2.05, 4.69) is 23.0 Å². The minimum atomic E-state index is -0.430. The highest BCUT2D eigenvalue weighted by molar-refractivity contribution is 6.02. The molecule has 1 heterocycles. The number of carbonyl (C=O) groups is 1. The lowest BCUT2D eigenvalue weighted by Crippen LogP contribution is -2.24. The number of aromatic nitrogens is 1. The van der Waals surface area contributed by atoms with Crippen LogP contribution in [-0.4, -0.2) is 16.9 Å². The van der Waals surface area contributed by atoms with Crippen LogP contribution in [0.3, 0.4) is 0 Å². The van der Waals surface area contributed by atoms with Crippen molar-refractivity contribution in [2.24, 2.45) is 16.5 Å². The molecule has 0 bridgehead atoms. The Balaban J connectivity index is 2.09. The van der Waals surface area contributed by atoms with Crippen LogP contribution in [0.4, 0.5) is 0 Å². The van der Waals surface area contributed by atoms with Gasteiger partial charge >= 0.3 is 0 Å². The second-order valence-electron chi connectivity index (χ2n) is 5.56. The largest absolute Gasteiger partial charge is 0.370 e. The fraction of sp³-hybridized carbons (Fsp3) is 0.167. The lowest BCUT2D eigenvalue weighted by molar-refractivity contribution is 0.100. The third-order valence-electron chi connectivity index (χ3n) is 3.97. The van der Waals surface area contributed by atoms with Crippen LogP contribution in [0.15, 0.2) is 47.7 Å². The summed E-state index contributed by atoms with van der Waals surface area (Å²) in [5, 5.41) is 0. The van der Waals surface area contributed by atoms with Gasteiger partial charge in [0.25, 0.3) is 5.91 Å². The predicted molar refractivity (Wildman–Crippen MR) is 91.0 cm³/mol. The summed E-state index contributed by atoms with van der Waals surface area (Å²) in [4.78, 5) is 19.9. The molecule has 0 radical (unpaired) electrons. The van der Waals surface area contributed by atoms with E-state index in [4.69, 9.17) is 11.5 Å². The molecular formula is C18H18N4O. The van der Waals surface area contributed by atoms with Crippen molar-refractivity contribution in [3.63, 3.8) is 0 Å². The van der Waals surface area contributed by atoms with E-state index in [0.717, 1.165) is 35.1 Å². The summed E-state index contributed by atoms with van der Waals surface area (Å²) < 4.78 is 0. The number of benzene rings is 1. The summed E-state index contributed by atoms with van der Waals surface area (Å²) in [5.41, 5.74) is 16.7. The fourth-order valence-electron chi connectivity index (χ4n) is 2.84. The average Bonchev–Trinajstić information content (AvgIpc) is 2.54. The number of fused-ring (bicyclic) bond motifs is 1. The quantitative estimate of drug-likeness (QED) is 0.657. The van der Waals surface area contributed by atoms with Crippen molar-refractivity contribution in [2.75, 3.05) is 0 Å². The Morgan fingerprint density at radius 1 is 1.22 bits per heavy atom. The molecular weight excluding hydrogens is 288 g/mol. The smallest absolute Gasteiger partial charge is 0.280 e. The normalized spacial score (nSPS) is 13.0.